The van der Waals surface area contributed by atoms with Crippen molar-refractivity contribution in [3.63, 3.8) is 0 Å². The molecule has 0 amide bonds. The summed E-state index contributed by atoms with van der Waals surface area (Å²) in [6, 6.07) is 59.2. The van der Waals surface area contributed by atoms with E-state index in [1.54, 1.807) is 0 Å². The van der Waals surface area contributed by atoms with E-state index >= 15 is 0 Å². The zero-order valence-electron chi connectivity index (χ0n) is 27.8. The summed E-state index contributed by atoms with van der Waals surface area (Å²) in [7, 11) is 0. The SMILES string of the molecule is C1=CC(c2ccc3c(c2)c2ccccc2n3-c2cccc(-c3ccccc3)c2)Cc2c1n(-c1ccc3oc4ccccc4c3c1)c1ccccc21. The Kier molecular flexibility index (Phi) is 6.08. The molecule has 7 aromatic carbocycles. The van der Waals surface area contributed by atoms with Crippen molar-refractivity contribution < 1.29 is 4.42 Å². The van der Waals surface area contributed by atoms with Crippen molar-refractivity contribution in [3.8, 4) is 22.5 Å². The molecular weight excluding hydrogens is 621 g/mol. The Morgan fingerprint density at radius 1 is 0.451 bits per heavy atom. The number of benzene rings is 7. The van der Waals surface area contributed by atoms with Gasteiger partial charge in [0.2, 0.25) is 0 Å². The van der Waals surface area contributed by atoms with Crippen LogP contribution in [0.5, 0.6) is 0 Å². The first-order chi connectivity index (χ1) is 25.3. The van der Waals surface area contributed by atoms with E-state index in [1.807, 2.05) is 12.1 Å². The van der Waals surface area contributed by atoms with Crippen LogP contribution in [-0.4, -0.2) is 9.13 Å². The molecule has 51 heavy (non-hydrogen) atoms. The van der Waals surface area contributed by atoms with Gasteiger partial charge in [0.1, 0.15) is 11.2 Å². The Bertz CT molecular complexity index is 3010. The largest absolute Gasteiger partial charge is 0.456 e. The van der Waals surface area contributed by atoms with Crippen LogP contribution in [0.2, 0.25) is 0 Å². The minimum absolute atomic E-state index is 0.268. The Morgan fingerprint density at radius 2 is 1.14 bits per heavy atom. The lowest BCUT2D eigenvalue weighted by atomic mass is 9.86. The number of allylic oxidation sites excluding steroid dienone is 1. The van der Waals surface area contributed by atoms with Gasteiger partial charge in [0, 0.05) is 49.9 Å². The van der Waals surface area contributed by atoms with Crippen molar-refractivity contribution in [2.75, 3.05) is 0 Å². The lowest BCUT2D eigenvalue weighted by Crippen LogP contribution is -2.07. The van der Waals surface area contributed by atoms with Crippen LogP contribution in [0.25, 0.3) is 83.2 Å². The van der Waals surface area contributed by atoms with Gasteiger partial charge in [0.25, 0.3) is 0 Å². The van der Waals surface area contributed by atoms with Crippen LogP contribution < -0.4 is 0 Å². The number of para-hydroxylation sites is 3. The van der Waals surface area contributed by atoms with Crippen molar-refractivity contribution in [3.05, 3.63) is 187 Å². The molecule has 3 heteroatoms. The van der Waals surface area contributed by atoms with Crippen molar-refractivity contribution >= 4 is 60.7 Å². The Labute approximate surface area is 294 Å². The van der Waals surface area contributed by atoms with E-state index in [-0.39, 0.29) is 5.92 Å². The maximum Gasteiger partial charge on any atom is 0.135 e. The third-order valence-electron chi connectivity index (χ3n) is 10.9. The molecule has 1 unspecified atom stereocenters. The molecule has 0 fully saturated rings. The van der Waals surface area contributed by atoms with Crippen molar-refractivity contribution in [2.45, 2.75) is 12.3 Å². The molecule has 1 atom stereocenters. The Hall–Kier alpha value is -6.58. The smallest absolute Gasteiger partial charge is 0.135 e. The van der Waals surface area contributed by atoms with E-state index in [4.69, 9.17) is 4.42 Å². The Morgan fingerprint density at radius 3 is 2.02 bits per heavy atom. The van der Waals surface area contributed by atoms with Gasteiger partial charge < -0.3 is 13.6 Å². The molecule has 3 aromatic heterocycles. The topological polar surface area (TPSA) is 23.0 Å². The normalized spacial score (nSPS) is 14.3. The van der Waals surface area contributed by atoms with Gasteiger partial charge in [-0.25, -0.2) is 0 Å². The first-order valence-electron chi connectivity index (χ1n) is 17.7. The van der Waals surface area contributed by atoms with Gasteiger partial charge in [-0.05, 0) is 95.4 Å². The molecule has 0 saturated heterocycles. The molecule has 1 aliphatic rings. The number of furan rings is 1. The number of aromatic nitrogens is 2. The molecule has 0 bridgehead atoms. The Balaban J connectivity index is 1.02. The summed E-state index contributed by atoms with van der Waals surface area (Å²) in [6.07, 6.45) is 5.70. The van der Waals surface area contributed by atoms with E-state index in [9.17, 15) is 0 Å². The lowest BCUT2D eigenvalue weighted by molar-refractivity contribution is 0.669. The number of nitrogens with zero attached hydrogens (tertiary/aromatic N) is 2. The van der Waals surface area contributed by atoms with Crippen LogP contribution in [0, 0.1) is 0 Å². The average Bonchev–Trinajstić information content (AvgIpc) is 3.85. The number of hydrogen-bond donors (Lipinski definition) is 0. The fraction of sp³-hybridized carbons (Fsp3) is 0.0417. The number of fused-ring (bicyclic) bond motifs is 9. The van der Waals surface area contributed by atoms with Gasteiger partial charge in [0.15, 0.2) is 0 Å². The standard InChI is InChI=1S/C48H32N2O/c1-2-11-31(12-3-1)32-13-10-14-35(27-32)49-43-18-7-4-15-37(43)40-28-33(21-24-45(40)49)34-22-25-46-41(29-34)38-16-5-8-19-44(38)50(46)36-23-26-48-42(30-36)39-17-6-9-20-47(39)51-48/h1-28,30,34H,29H2. The first kappa shape index (κ1) is 28.3. The highest BCUT2D eigenvalue weighted by molar-refractivity contribution is 6.10. The van der Waals surface area contributed by atoms with Crippen LogP contribution in [-0.2, 0) is 6.42 Å². The van der Waals surface area contributed by atoms with Crippen LogP contribution in [0.1, 0.15) is 22.7 Å². The molecule has 3 nitrogen and oxygen atoms in total. The van der Waals surface area contributed by atoms with E-state index in [0.29, 0.717) is 0 Å². The third-order valence-corrected chi connectivity index (χ3v) is 10.9. The van der Waals surface area contributed by atoms with Crippen molar-refractivity contribution in [1.82, 2.24) is 9.13 Å². The van der Waals surface area contributed by atoms with Crippen LogP contribution in [0.3, 0.4) is 0 Å². The average molecular weight is 653 g/mol. The zero-order valence-corrected chi connectivity index (χ0v) is 27.8. The minimum atomic E-state index is 0.268. The van der Waals surface area contributed by atoms with Gasteiger partial charge in [0.05, 0.1) is 16.6 Å². The molecule has 1 aliphatic carbocycles. The highest BCUT2D eigenvalue weighted by Gasteiger charge is 2.25. The molecule has 0 aliphatic heterocycles. The first-order valence-corrected chi connectivity index (χ1v) is 17.7. The highest BCUT2D eigenvalue weighted by Crippen LogP contribution is 2.41. The lowest BCUT2D eigenvalue weighted by Gasteiger charge is -2.20. The summed E-state index contributed by atoms with van der Waals surface area (Å²) in [5.74, 6) is 0.268. The van der Waals surface area contributed by atoms with Gasteiger partial charge >= 0.3 is 0 Å². The third kappa shape index (κ3) is 4.31. The predicted molar refractivity (Wildman–Crippen MR) is 212 cm³/mol. The molecule has 10 aromatic rings. The monoisotopic (exact) mass is 652 g/mol. The van der Waals surface area contributed by atoms with Crippen LogP contribution >= 0.6 is 0 Å². The summed E-state index contributed by atoms with van der Waals surface area (Å²) in [5, 5.41) is 6.17. The summed E-state index contributed by atoms with van der Waals surface area (Å²) in [6.45, 7) is 0. The highest BCUT2D eigenvalue weighted by atomic mass is 16.3. The quantitative estimate of drug-likeness (QED) is 0.186. The maximum atomic E-state index is 6.17. The molecule has 0 saturated carbocycles. The number of hydrogen-bond acceptors (Lipinski definition) is 1. The van der Waals surface area contributed by atoms with E-state index < -0.39 is 0 Å². The van der Waals surface area contributed by atoms with Gasteiger partial charge in [-0.1, -0.05) is 109 Å². The summed E-state index contributed by atoms with van der Waals surface area (Å²) in [4.78, 5) is 0. The molecule has 240 valence electrons. The van der Waals surface area contributed by atoms with E-state index in [1.165, 1.54) is 66.3 Å². The second-order valence-electron chi connectivity index (χ2n) is 13.7. The minimum Gasteiger partial charge on any atom is -0.456 e. The maximum absolute atomic E-state index is 6.17. The summed E-state index contributed by atoms with van der Waals surface area (Å²) < 4.78 is 11.0. The molecular formula is C48H32N2O. The second kappa shape index (κ2) is 11.0. The molecule has 0 radical (unpaired) electrons. The molecule has 0 spiro atoms. The predicted octanol–water partition coefficient (Wildman–Crippen LogP) is 12.6. The summed E-state index contributed by atoms with van der Waals surface area (Å²) in [5.41, 5.74) is 14.3. The number of rotatable bonds is 4. The van der Waals surface area contributed by atoms with Gasteiger partial charge in [-0.2, -0.15) is 0 Å². The van der Waals surface area contributed by atoms with Crippen molar-refractivity contribution in [1.29, 1.82) is 0 Å². The van der Waals surface area contributed by atoms with E-state index in [0.717, 1.165) is 34.0 Å². The molecule has 0 N–H and O–H groups in total. The summed E-state index contributed by atoms with van der Waals surface area (Å²) >= 11 is 0. The van der Waals surface area contributed by atoms with Gasteiger partial charge in [-0.15, -0.1) is 0 Å². The molecule has 11 rings (SSSR count). The molecule has 3 heterocycles. The fourth-order valence-electron chi connectivity index (χ4n) is 8.53. The van der Waals surface area contributed by atoms with Crippen molar-refractivity contribution in [2.24, 2.45) is 0 Å². The van der Waals surface area contributed by atoms with Gasteiger partial charge in [-0.3, -0.25) is 0 Å². The van der Waals surface area contributed by atoms with Crippen LogP contribution in [0.4, 0.5) is 0 Å². The zero-order chi connectivity index (χ0) is 33.5. The van der Waals surface area contributed by atoms with E-state index in [2.05, 4.69) is 173 Å². The second-order valence-corrected chi connectivity index (χ2v) is 13.7. The van der Waals surface area contributed by atoms with Crippen LogP contribution in [0.15, 0.2) is 174 Å². The fourth-order valence-corrected chi connectivity index (χ4v) is 8.53.